The minimum atomic E-state index is 0.0263. The minimum Gasteiger partial charge on any atom is -0.497 e. The van der Waals surface area contributed by atoms with Gasteiger partial charge in [0.15, 0.2) is 0 Å². The molecule has 0 atom stereocenters. The van der Waals surface area contributed by atoms with Gasteiger partial charge >= 0.3 is 0 Å². The Morgan fingerprint density at radius 1 is 1.09 bits per heavy atom. The monoisotopic (exact) mass is 313 g/mol. The van der Waals surface area contributed by atoms with Crippen molar-refractivity contribution in [3.63, 3.8) is 0 Å². The lowest BCUT2D eigenvalue weighted by Gasteiger charge is -2.12. The molecule has 1 amide bonds. The standard InChI is InChI=1S/C18H23N3O2/c1-4-13(5-2)18(22)21-17-11-8-15(12-19-17)20-14-6-9-16(23-3)10-7-14/h6-13,20H,4-5H2,1-3H3,(H,19,21,22). The lowest BCUT2D eigenvalue weighted by atomic mass is 10.0. The molecule has 0 radical (unpaired) electrons. The molecule has 1 aromatic carbocycles. The van der Waals surface area contributed by atoms with Crippen molar-refractivity contribution in [1.29, 1.82) is 0 Å². The summed E-state index contributed by atoms with van der Waals surface area (Å²) in [4.78, 5) is 16.3. The highest BCUT2D eigenvalue weighted by atomic mass is 16.5. The van der Waals surface area contributed by atoms with Gasteiger partial charge in [0, 0.05) is 11.6 Å². The molecule has 2 aromatic rings. The summed E-state index contributed by atoms with van der Waals surface area (Å²) in [5.41, 5.74) is 1.80. The summed E-state index contributed by atoms with van der Waals surface area (Å²) in [6.45, 7) is 4.03. The molecule has 0 fully saturated rings. The Balaban J connectivity index is 1.97. The second-order valence-corrected chi connectivity index (χ2v) is 5.29. The summed E-state index contributed by atoms with van der Waals surface area (Å²) < 4.78 is 5.13. The summed E-state index contributed by atoms with van der Waals surface area (Å²) in [6.07, 6.45) is 3.37. The van der Waals surface area contributed by atoms with Crippen molar-refractivity contribution in [2.75, 3.05) is 17.7 Å². The van der Waals surface area contributed by atoms with Gasteiger partial charge in [-0.2, -0.15) is 0 Å². The molecule has 0 aliphatic carbocycles. The summed E-state index contributed by atoms with van der Waals surface area (Å²) in [5.74, 6) is 1.45. The Bertz CT molecular complexity index is 620. The van der Waals surface area contributed by atoms with Gasteiger partial charge in [-0.1, -0.05) is 13.8 Å². The van der Waals surface area contributed by atoms with Crippen LogP contribution in [0.2, 0.25) is 0 Å². The first-order valence-electron chi connectivity index (χ1n) is 7.84. The van der Waals surface area contributed by atoms with E-state index < -0.39 is 0 Å². The van der Waals surface area contributed by atoms with Gasteiger partial charge in [-0.05, 0) is 49.2 Å². The van der Waals surface area contributed by atoms with Crippen LogP contribution in [-0.4, -0.2) is 18.0 Å². The van der Waals surface area contributed by atoms with E-state index in [4.69, 9.17) is 4.74 Å². The number of methoxy groups -OCH3 is 1. The quantitative estimate of drug-likeness (QED) is 0.804. The third-order valence-electron chi connectivity index (χ3n) is 3.75. The molecule has 122 valence electrons. The average molecular weight is 313 g/mol. The first kappa shape index (κ1) is 16.8. The number of amides is 1. The number of carbonyl (C=O) groups excluding carboxylic acids is 1. The molecule has 0 bridgehead atoms. The number of anilines is 3. The largest absolute Gasteiger partial charge is 0.497 e. The van der Waals surface area contributed by atoms with Gasteiger partial charge in [-0.25, -0.2) is 4.98 Å². The average Bonchev–Trinajstić information content (AvgIpc) is 2.58. The second kappa shape index (κ2) is 8.17. The number of carbonyl (C=O) groups is 1. The molecule has 23 heavy (non-hydrogen) atoms. The predicted octanol–water partition coefficient (Wildman–Crippen LogP) is 4.21. The van der Waals surface area contributed by atoms with Gasteiger partial charge in [0.2, 0.25) is 5.91 Å². The highest BCUT2D eigenvalue weighted by Crippen LogP contribution is 2.20. The molecular formula is C18H23N3O2. The van der Waals surface area contributed by atoms with E-state index in [9.17, 15) is 4.79 Å². The number of aromatic nitrogens is 1. The van der Waals surface area contributed by atoms with Crippen molar-refractivity contribution in [3.05, 3.63) is 42.6 Å². The number of hydrogen-bond acceptors (Lipinski definition) is 4. The molecular weight excluding hydrogens is 290 g/mol. The fourth-order valence-electron chi connectivity index (χ4n) is 2.27. The fraction of sp³-hybridized carbons (Fsp3) is 0.333. The van der Waals surface area contributed by atoms with Crippen molar-refractivity contribution in [2.45, 2.75) is 26.7 Å². The molecule has 1 heterocycles. The molecule has 5 nitrogen and oxygen atoms in total. The zero-order chi connectivity index (χ0) is 16.7. The molecule has 0 saturated carbocycles. The lowest BCUT2D eigenvalue weighted by molar-refractivity contribution is -0.120. The molecule has 1 aromatic heterocycles. The highest BCUT2D eigenvalue weighted by molar-refractivity contribution is 5.91. The van der Waals surface area contributed by atoms with Crippen LogP contribution in [0.1, 0.15) is 26.7 Å². The van der Waals surface area contributed by atoms with Crippen molar-refractivity contribution < 1.29 is 9.53 Å². The van der Waals surface area contributed by atoms with Crippen LogP contribution in [0.4, 0.5) is 17.2 Å². The van der Waals surface area contributed by atoms with Gasteiger partial charge in [-0.15, -0.1) is 0 Å². The van der Waals surface area contributed by atoms with E-state index in [0.717, 1.165) is 30.0 Å². The maximum Gasteiger partial charge on any atom is 0.228 e. The molecule has 0 saturated heterocycles. The number of benzene rings is 1. The number of ether oxygens (including phenoxy) is 1. The second-order valence-electron chi connectivity index (χ2n) is 5.29. The van der Waals surface area contributed by atoms with Crippen LogP contribution >= 0.6 is 0 Å². The maximum absolute atomic E-state index is 12.0. The van der Waals surface area contributed by atoms with Gasteiger partial charge in [0.25, 0.3) is 0 Å². The SMILES string of the molecule is CCC(CC)C(=O)Nc1ccc(Nc2ccc(OC)cc2)cn1. The van der Waals surface area contributed by atoms with E-state index in [0.29, 0.717) is 5.82 Å². The van der Waals surface area contributed by atoms with Crippen LogP contribution in [0.3, 0.4) is 0 Å². The van der Waals surface area contributed by atoms with Crippen LogP contribution in [0.25, 0.3) is 0 Å². The predicted molar refractivity (Wildman–Crippen MR) is 93.2 cm³/mol. The summed E-state index contributed by atoms with van der Waals surface area (Å²) in [6, 6.07) is 11.3. The normalized spacial score (nSPS) is 10.4. The van der Waals surface area contributed by atoms with Gasteiger partial charge in [0.1, 0.15) is 11.6 Å². The number of pyridine rings is 1. The number of rotatable bonds is 7. The van der Waals surface area contributed by atoms with E-state index in [-0.39, 0.29) is 11.8 Å². The van der Waals surface area contributed by atoms with Crippen molar-refractivity contribution in [3.8, 4) is 5.75 Å². The molecule has 2 N–H and O–H groups in total. The summed E-state index contributed by atoms with van der Waals surface area (Å²) >= 11 is 0. The van der Waals surface area contributed by atoms with Crippen molar-refractivity contribution in [1.82, 2.24) is 4.98 Å². The molecule has 0 unspecified atom stereocenters. The van der Waals surface area contributed by atoms with E-state index in [1.54, 1.807) is 19.4 Å². The topological polar surface area (TPSA) is 63.2 Å². The number of nitrogens with one attached hydrogen (secondary N) is 2. The first-order chi connectivity index (χ1) is 11.2. The van der Waals surface area contributed by atoms with Crippen LogP contribution in [0.15, 0.2) is 42.6 Å². The van der Waals surface area contributed by atoms with Crippen LogP contribution in [0, 0.1) is 5.92 Å². The zero-order valence-corrected chi connectivity index (χ0v) is 13.8. The van der Waals surface area contributed by atoms with Crippen molar-refractivity contribution in [2.24, 2.45) is 5.92 Å². The zero-order valence-electron chi connectivity index (χ0n) is 13.8. The Labute approximate surface area is 137 Å². The summed E-state index contributed by atoms with van der Waals surface area (Å²) in [5, 5.41) is 6.11. The van der Waals surface area contributed by atoms with E-state index >= 15 is 0 Å². The molecule has 0 spiro atoms. The third-order valence-corrected chi connectivity index (χ3v) is 3.75. The minimum absolute atomic E-state index is 0.0263. The van der Waals surface area contributed by atoms with Gasteiger partial charge < -0.3 is 15.4 Å². The molecule has 2 rings (SSSR count). The Morgan fingerprint density at radius 2 is 1.74 bits per heavy atom. The van der Waals surface area contributed by atoms with Crippen LogP contribution < -0.4 is 15.4 Å². The van der Waals surface area contributed by atoms with Gasteiger partial charge in [-0.3, -0.25) is 4.79 Å². The molecule has 5 heteroatoms. The van der Waals surface area contributed by atoms with E-state index in [2.05, 4.69) is 15.6 Å². The first-order valence-corrected chi connectivity index (χ1v) is 7.84. The fourth-order valence-corrected chi connectivity index (χ4v) is 2.27. The van der Waals surface area contributed by atoms with E-state index in [1.807, 2.05) is 44.2 Å². The van der Waals surface area contributed by atoms with Crippen LogP contribution in [-0.2, 0) is 4.79 Å². The summed E-state index contributed by atoms with van der Waals surface area (Å²) in [7, 11) is 1.64. The molecule has 0 aliphatic heterocycles. The molecule has 0 aliphatic rings. The van der Waals surface area contributed by atoms with Crippen molar-refractivity contribution >= 4 is 23.1 Å². The Hall–Kier alpha value is -2.56. The van der Waals surface area contributed by atoms with Gasteiger partial charge in [0.05, 0.1) is 19.0 Å². The van der Waals surface area contributed by atoms with Crippen LogP contribution in [0.5, 0.6) is 5.75 Å². The van der Waals surface area contributed by atoms with E-state index in [1.165, 1.54) is 0 Å². The Kier molecular flexibility index (Phi) is 5.97. The lowest BCUT2D eigenvalue weighted by Crippen LogP contribution is -2.22. The third kappa shape index (κ3) is 4.71. The maximum atomic E-state index is 12.0. The number of nitrogens with zero attached hydrogens (tertiary/aromatic N) is 1. The highest BCUT2D eigenvalue weighted by Gasteiger charge is 2.14. The smallest absolute Gasteiger partial charge is 0.228 e. The Morgan fingerprint density at radius 3 is 2.26 bits per heavy atom. The number of hydrogen-bond donors (Lipinski definition) is 2.